The molecular formula is C17H20ClF3N2. The van der Waals surface area contributed by atoms with E-state index in [1.165, 1.54) is 0 Å². The zero-order valence-electron chi connectivity index (χ0n) is 12.5. The van der Waals surface area contributed by atoms with Gasteiger partial charge in [0, 0.05) is 24.7 Å². The maximum atomic E-state index is 12.2. The average Bonchev–Trinajstić information content (AvgIpc) is 2.51. The lowest BCUT2D eigenvalue weighted by Crippen LogP contribution is -2.15. The number of hydrogen-bond donors (Lipinski definition) is 2. The van der Waals surface area contributed by atoms with Crippen molar-refractivity contribution in [2.24, 2.45) is 5.73 Å². The van der Waals surface area contributed by atoms with Gasteiger partial charge in [0.2, 0.25) is 0 Å². The molecule has 0 bridgehead atoms. The van der Waals surface area contributed by atoms with Crippen LogP contribution >= 0.6 is 12.4 Å². The van der Waals surface area contributed by atoms with E-state index in [9.17, 15) is 13.2 Å². The van der Waals surface area contributed by atoms with Crippen molar-refractivity contribution in [3.63, 3.8) is 0 Å². The third kappa shape index (κ3) is 6.93. The molecule has 0 aliphatic heterocycles. The van der Waals surface area contributed by atoms with E-state index in [1.54, 1.807) is 12.1 Å². The quantitative estimate of drug-likeness (QED) is 0.768. The number of anilines is 1. The van der Waals surface area contributed by atoms with Crippen molar-refractivity contribution in [2.75, 3.05) is 5.32 Å². The molecule has 2 rings (SSSR count). The second kappa shape index (κ2) is 8.79. The third-order valence-corrected chi connectivity index (χ3v) is 3.42. The zero-order chi connectivity index (χ0) is 16.0. The van der Waals surface area contributed by atoms with Gasteiger partial charge in [-0.3, -0.25) is 0 Å². The van der Waals surface area contributed by atoms with E-state index in [2.05, 4.69) is 5.32 Å². The van der Waals surface area contributed by atoms with E-state index in [1.807, 2.05) is 42.5 Å². The van der Waals surface area contributed by atoms with Crippen molar-refractivity contribution in [3.05, 3.63) is 65.7 Å². The van der Waals surface area contributed by atoms with E-state index in [-0.39, 0.29) is 18.8 Å². The smallest absolute Gasteiger partial charge is 0.381 e. The standard InChI is InChI=1S/C17H19F3N2.ClH/c18-17(19,20)11-10-16(21)14-6-8-15(9-7-14)22-12-13-4-2-1-3-5-13;/h1-9,16,22H,10-12,21H2;1H/t16-;/m0./s1. The lowest BCUT2D eigenvalue weighted by atomic mass is 10.0. The van der Waals surface area contributed by atoms with Crippen LogP contribution in [-0.4, -0.2) is 6.18 Å². The van der Waals surface area contributed by atoms with Crippen molar-refractivity contribution < 1.29 is 13.2 Å². The highest BCUT2D eigenvalue weighted by atomic mass is 35.5. The van der Waals surface area contributed by atoms with Crippen LogP contribution in [0.25, 0.3) is 0 Å². The van der Waals surface area contributed by atoms with Crippen LogP contribution in [0.4, 0.5) is 18.9 Å². The van der Waals surface area contributed by atoms with Crippen LogP contribution in [0.5, 0.6) is 0 Å². The Labute approximate surface area is 140 Å². The fourth-order valence-electron chi connectivity index (χ4n) is 2.13. The Balaban J connectivity index is 0.00000264. The van der Waals surface area contributed by atoms with Gasteiger partial charge in [0.15, 0.2) is 0 Å². The van der Waals surface area contributed by atoms with Gasteiger partial charge in [0.25, 0.3) is 0 Å². The van der Waals surface area contributed by atoms with E-state index >= 15 is 0 Å². The van der Waals surface area contributed by atoms with Crippen LogP contribution in [0.15, 0.2) is 54.6 Å². The van der Waals surface area contributed by atoms with Gasteiger partial charge in [0.1, 0.15) is 0 Å². The molecule has 0 heterocycles. The summed E-state index contributed by atoms with van der Waals surface area (Å²) < 4.78 is 36.6. The summed E-state index contributed by atoms with van der Waals surface area (Å²) in [5, 5.41) is 3.26. The van der Waals surface area contributed by atoms with Crippen LogP contribution in [0.2, 0.25) is 0 Å². The van der Waals surface area contributed by atoms with Crippen molar-refractivity contribution in [1.82, 2.24) is 0 Å². The molecule has 0 radical (unpaired) electrons. The van der Waals surface area contributed by atoms with Gasteiger partial charge in [-0.15, -0.1) is 12.4 Å². The molecule has 2 aromatic carbocycles. The highest BCUT2D eigenvalue weighted by molar-refractivity contribution is 5.85. The van der Waals surface area contributed by atoms with Crippen LogP contribution in [-0.2, 0) is 6.54 Å². The lowest BCUT2D eigenvalue weighted by Gasteiger charge is -2.14. The number of nitrogens with two attached hydrogens (primary N) is 1. The summed E-state index contributed by atoms with van der Waals surface area (Å²) in [6, 6.07) is 16.6. The van der Waals surface area contributed by atoms with Crippen molar-refractivity contribution in [3.8, 4) is 0 Å². The minimum Gasteiger partial charge on any atom is -0.381 e. The predicted molar refractivity (Wildman–Crippen MR) is 89.7 cm³/mol. The first kappa shape index (κ1) is 19.3. The van der Waals surface area contributed by atoms with E-state index in [4.69, 9.17) is 5.73 Å². The van der Waals surface area contributed by atoms with Crippen LogP contribution in [0, 0.1) is 0 Å². The van der Waals surface area contributed by atoms with Gasteiger partial charge in [-0.25, -0.2) is 0 Å². The fraction of sp³-hybridized carbons (Fsp3) is 0.294. The summed E-state index contributed by atoms with van der Waals surface area (Å²) >= 11 is 0. The predicted octanol–water partition coefficient (Wildman–Crippen LogP) is 5.06. The molecule has 2 nitrogen and oxygen atoms in total. The Morgan fingerprint density at radius 2 is 1.57 bits per heavy atom. The minimum absolute atomic E-state index is 0. The van der Waals surface area contributed by atoms with Crippen molar-refractivity contribution in [2.45, 2.75) is 31.6 Å². The van der Waals surface area contributed by atoms with Gasteiger partial charge >= 0.3 is 6.18 Å². The first-order chi connectivity index (χ1) is 10.4. The third-order valence-electron chi connectivity index (χ3n) is 3.42. The molecule has 0 aliphatic carbocycles. The number of nitrogens with one attached hydrogen (secondary N) is 1. The average molecular weight is 345 g/mol. The van der Waals surface area contributed by atoms with E-state index in [0.29, 0.717) is 6.54 Å². The number of hydrogen-bond acceptors (Lipinski definition) is 2. The highest BCUT2D eigenvalue weighted by Gasteiger charge is 2.27. The van der Waals surface area contributed by atoms with Crippen LogP contribution < -0.4 is 11.1 Å². The van der Waals surface area contributed by atoms with E-state index < -0.39 is 18.6 Å². The SMILES string of the molecule is Cl.N[C@@H](CCC(F)(F)F)c1ccc(NCc2ccccc2)cc1. The maximum Gasteiger partial charge on any atom is 0.389 e. The van der Waals surface area contributed by atoms with Gasteiger partial charge < -0.3 is 11.1 Å². The largest absolute Gasteiger partial charge is 0.389 e. The molecule has 0 saturated carbocycles. The van der Waals surface area contributed by atoms with Gasteiger partial charge in [-0.1, -0.05) is 42.5 Å². The molecule has 0 aliphatic rings. The zero-order valence-corrected chi connectivity index (χ0v) is 13.3. The normalized spacial score (nSPS) is 12.3. The minimum atomic E-state index is -4.16. The summed E-state index contributed by atoms with van der Waals surface area (Å²) in [6.45, 7) is 0.695. The lowest BCUT2D eigenvalue weighted by molar-refractivity contribution is -0.136. The molecule has 1 atom stereocenters. The second-order valence-electron chi connectivity index (χ2n) is 5.22. The van der Waals surface area contributed by atoms with Gasteiger partial charge in [0.05, 0.1) is 0 Å². The summed E-state index contributed by atoms with van der Waals surface area (Å²) in [7, 11) is 0. The second-order valence-corrected chi connectivity index (χ2v) is 5.22. The summed E-state index contributed by atoms with van der Waals surface area (Å²) in [6.07, 6.45) is -5.11. The molecule has 0 saturated heterocycles. The van der Waals surface area contributed by atoms with Gasteiger partial charge in [-0.05, 0) is 29.7 Å². The Bertz CT molecular complexity index is 571. The fourth-order valence-corrected chi connectivity index (χ4v) is 2.13. The molecule has 0 amide bonds. The monoisotopic (exact) mass is 344 g/mol. The Hall–Kier alpha value is -1.72. The number of alkyl halides is 3. The number of halogens is 4. The van der Waals surface area contributed by atoms with Crippen LogP contribution in [0.3, 0.4) is 0 Å². The Kier molecular flexibility index (Phi) is 7.39. The maximum absolute atomic E-state index is 12.2. The molecule has 3 N–H and O–H groups in total. The van der Waals surface area contributed by atoms with Gasteiger partial charge in [-0.2, -0.15) is 13.2 Å². The molecule has 126 valence electrons. The molecule has 0 spiro atoms. The van der Waals surface area contributed by atoms with E-state index in [0.717, 1.165) is 16.8 Å². The Morgan fingerprint density at radius 1 is 0.957 bits per heavy atom. The molecule has 0 aromatic heterocycles. The molecular weight excluding hydrogens is 325 g/mol. The molecule has 23 heavy (non-hydrogen) atoms. The van der Waals surface area contributed by atoms with Crippen LogP contribution in [0.1, 0.15) is 30.0 Å². The summed E-state index contributed by atoms with van der Waals surface area (Å²) in [4.78, 5) is 0. The Morgan fingerprint density at radius 3 is 2.13 bits per heavy atom. The summed E-state index contributed by atoms with van der Waals surface area (Å²) in [5.41, 5.74) is 8.59. The number of rotatable bonds is 6. The molecule has 0 fully saturated rings. The first-order valence-electron chi connectivity index (χ1n) is 7.14. The number of benzene rings is 2. The highest BCUT2D eigenvalue weighted by Crippen LogP contribution is 2.26. The molecule has 2 aromatic rings. The summed E-state index contributed by atoms with van der Waals surface area (Å²) in [5.74, 6) is 0. The molecule has 0 unspecified atom stereocenters. The first-order valence-corrected chi connectivity index (χ1v) is 7.14. The molecule has 6 heteroatoms. The topological polar surface area (TPSA) is 38.0 Å². The van der Waals surface area contributed by atoms with Crippen molar-refractivity contribution in [1.29, 1.82) is 0 Å². The van der Waals surface area contributed by atoms with Crippen molar-refractivity contribution >= 4 is 18.1 Å².